The summed E-state index contributed by atoms with van der Waals surface area (Å²) in [5.41, 5.74) is 1.84. The van der Waals surface area contributed by atoms with Crippen LogP contribution in [0.4, 0.5) is 15.9 Å². The Morgan fingerprint density at radius 1 is 1.29 bits per heavy atom. The maximum atomic E-state index is 12.8. The molecule has 152 valence electrons. The molecule has 1 saturated heterocycles. The first kappa shape index (κ1) is 20.5. The molecular formula is C20H27FN4O2S. The molecule has 3 rings (SSSR count). The smallest absolute Gasteiger partial charge is 0.261 e. The van der Waals surface area contributed by atoms with Gasteiger partial charge in [-0.3, -0.25) is 9.11 Å². The molecule has 0 aliphatic carbocycles. The van der Waals surface area contributed by atoms with Crippen LogP contribution in [0.25, 0.3) is 0 Å². The molecule has 2 aromatic rings. The number of piperazine rings is 1. The number of halogens is 1. The van der Waals surface area contributed by atoms with E-state index in [0.29, 0.717) is 17.4 Å². The van der Waals surface area contributed by atoms with Crippen molar-refractivity contribution in [1.82, 2.24) is 10.3 Å². The van der Waals surface area contributed by atoms with E-state index in [9.17, 15) is 12.8 Å². The molecule has 0 saturated carbocycles. The Bertz CT molecular complexity index is 918. The van der Waals surface area contributed by atoms with Gasteiger partial charge in [-0.1, -0.05) is 19.1 Å². The van der Waals surface area contributed by atoms with Crippen molar-refractivity contribution < 1.29 is 12.8 Å². The molecule has 2 N–H and O–H groups in total. The van der Waals surface area contributed by atoms with Crippen molar-refractivity contribution in [2.24, 2.45) is 0 Å². The van der Waals surface area contributed by atoms with Gasteiger partial charge in [0.25, 0.3) is 10.0 Å². The van der Waals surface area contributed by atoms with E-state index in [1.165, 1.54) is 12.1 Å². The average Bonchev–Trinajstić information content (AvgIpc) is 2.69. The normalized spacial score (nSPS) is 18.7. The number of hydrogen-bond donors (Lipinski definition) is 2. The number of nitrogens with one attached hydrogen (secondary N) is 2. The summed E-state index contributed by atoms with van der Waals surface area (Å²) in [4.78, 5) is 6.92. The molecule has 0 spiro atoms. The maximum absolute atomic E-state index is 12.8. The summed E-state index contributed by atoms with van der Waals surface area (Å²) < 4.78 is 40.8. The molecule has 1 aliphatic heterocycles. The number of alkyl halides is 1. The van der Waals surface area contributed by atoms with Gasteiger partial charge in [-0.15, -0.1) is 0 Å². The molecule has 0 radical (unpaired) electrons. The molecule has 1 fully saturated rings. The third kappa shape index (κ3) is 4.62. The van der Waals surface area contributed by atoms with Gasteiger partial charge >= 0.3 is 0 Å². The number of pyridine rings is 1. The number of aromatic nitrogens is 1. The van der Waals surface area contributed by atoms with Crippen LogP contribution >= 0.6 is 0 Å². The highest BCUT2D eigenvalue weighted by atomic mass is 32.2. The van der Waals surface area contributed by atoms with Gasteiger partial charge < -0.3 is 10.2 Å². The summed E-state index contributed by atoms with van der Waals surface area (Å²) >= 11 is 0. The lowest BCUT2D eigenvalue weighted by atomic mass is 10.0. The van der Waals surface area contributed by atoms with Crippen LogP contribution in [-0.4, -0.2) is 45.8 Å². The van der Waals surface area contributed by atoms with E-state index in [-0.39, 0.29) is 10.8 Å². The average molecular weight is 407 g/mol. The van der Waals surface area contributed by atoms with E-state index in [4.69, 9.17) is 0 Å². The third-order valence-corrected chi connectivity index (χ3v) is 6.38. The van der Waals surface area contributed by atoms with Crippen molar-refractivity contribution >= 4 is 21.5 Å². The van der Waals surface area contributed by atoms with Crippen molar-refractivity contribution in [2.45, 2.75) is 37.6 Å². The molecule has 0 amide bonds. The minimum absolute atomic E-state index is 0.140. The number of hydrogen-bond acceptors (Lipinski definition) is 5. The first-order chi connectivity index (χ1) is 13.3. The van der Waals surface area contributed by atoms with Crippen molar-refractivity contribution in [3.8, 4) is 0 Å². The SMILES string of the molecule is Cc1nc(N2CCN[C@H](C)C2)ccc1NS(=O)(=O)c1ccc([C@@H](C)CF)cc1. The second-order valence-electron chi connectivity index (χ2n) is 7.33. The van der Waals surface area contributed by atoms with Crippen LogP contribution in [0.15, 0.2) is 41.3 Å². The Morgan fingerprint density at radius 3 is 2.61 bits per heavy atom. The number of rotatable bonds is 6. The quantitative estimate of drug-likeness (QED) is 0.771. The van der Waals surface area contributed by atoms with Crippen LogP contribution in [0.3, 0.4) is 0 Å². The summed E-state index contributed by atoms with van der Waals surface area (Å²) in [6.07, 6.45) is 0. The van der Waals surface area contributed by atoms with Gasteiger partial charge in [0.05, 0.1) is 23.0 Å². The number of anilines is 2. The summed E-state index contributed by atoms with van der Waals surface area (Å²) in [6.45, 7) is 7.82. The zero-order valence-corrected chi connectivity index (χ0v) is 17.3. The summed E-state index contributed by atoms with van der Waals surface area (Å²) in [6, 6.07) is 10.3. The molecule has 8 heteroatoms. The van der Waals surface area contributed by atoms with E-state index in [0.717, 1.165) is 31.0 Å². The first-order valence-corrected chi connectivity index (χ1v) is 10.9. The maximum Gasteiger partial charge on any atom is 0.261 e. The highest BCUT2D eigenvalue weighted by molar-refractivity contribution is 7.92. The fourth-order valence-corrected chi connectivity index (χ4v) is 4.36. The largest absolute Gasteiger partial charge is 0.354 e. The van der Waals surface area contributed by atoms with Gasteiger partial charge in [0.1, 0.15) is 5.82 Å². The zero-order chi connectivity index (χ0) is 20.3. The highest BCUT2D eigenvalue weighted by Crippen LogP contribution is 2.24. The Morgan fingerprint density at radius 2 is 2.00 bits per heavy atom. The lowest BCUT2D eigenvalue weighted by Crippen LogP contribution is -2.49. The second kappa shape index (κ2) is 8.45. The lowest BCUT2D eigenvalue weighted by molar-refractivity contribution is 0.447. The molecule has 1 aliphatic rings. The van der Waals surface area contributed by atoms with E-state index in [2.05, 4.69) is 26.8 Å². The topological polar surface area (TPSA) is 74.3 Å². The van der Waals surface area contributed by atoms with E-state index >= 15 is 0 Å². The Hall–Kier alpha value is -2.19. The molecular weight excluding hydrogens is 379 g/mol. The van der Waals surface area contributed by atoms with Gasteiger partial charge in [-0.2, -0.15) is 0 Å². The molecule has 1 aromatic heterocycles. The fourth-order valence-electron chi connectivity index (χ4n) is 3.24. The van der Waals surface area contributed by atoms with Gasteiger partial charge in [-0.05, 0) is 43.7 Å². The van der Waals surface area contributed by atoms with Crippen molar-refractivity contribution in [1.29, 1.82) is 0 Å². The van der Waals surface area contributed by atoms with Crippen LogP contribution in [-0.2, 0) is 10.0 Å². The van der Waals surface area contributed by atoms with Crippen molar-refractivity contribution in [3.05, 3.63) is 47.7 Å². The number of benzene rings is 1. The van der Waals surface area contributed by atoms with E-state index < -0.39 is 16.7 Å². The first-order valence-electron chi connectivity index (χ1n) is 9.45. The molecule has 0 bridgehead atoms. The van der Waals surface area contributed by atoms with Crippen LogP contribution in [0, 0.1) is 6.92 Å². The van der Waals surface area contributed by atoms with Gasteiger partial charge in [0, 0.05) is 31.6 Å². The predicted molar refractivity (Wildman–Crippen MR) is 110 cm³/mol. The van der Waals surface area contributed by atoms with Crippen LogP contribution in [0.2, 0.25) is 0 Å². The minimum atomic E-state index is -3.74. The number of aryl methyl sites for hydroxylation is 1. The Labute approximate surface area is 166 Å². The van der Waals surface area contributed by atoms with Crippen LogP contribution in [0.1, 0.15) is 31.0 Å². The number of nitrogens with zero attached hydrogens (tertiary/aromatic N) is 2. The van der Waals surface area contributed by atoms with Crippen molar-refractivity contribution in [3.63, 3.8) is 0 Å². The van der Waals surface area contributed by atoms with E-state index in [1.54, 1.807) is 32.0 Å². The predicted octanol–water partition coefficient (Wildman–Crippen LogP) is 3.06. The van der Waals surface area contributed by atoms with Crippen molar-refractivity contribution in [2.75, 3.05) is 35.9 Å². The third-order valence-electron chi connectivity index (χ3n) is 5.00. The lowest BCUT2D eigenvalue weighted by Gasteiger charge is -2.33. The Balaban J connectivity index is 1.76. The molecule has 28 heavy (non-hydrogen) atoms. The highest BCUT2D eigenvalue weighted by Gasteiger charge is 2.20. The van der Waals surface area contributed by atoms with E-state index in [1.807, 2.05) is 6.07 Å². The summed E-state index contributed by atoms with van der Waals surface area (Å²) in [7, 11) is -3.74. The molecule has 0 unspecified atom stereocenters. The summed E-state index contributed by atoms with van der Waals surface area (Å²) in [5, 5.41) is 3.39. The number of sulfonamides is 1. The van der Waals surface area contributed by atoms with Gasteiger partial charge in [-0.25, -0.2) is 13.4 Å². The molecule has 1 aromatic carbocycles. The fraction of sp³-hybridized carbons (Fsp3) is 0.450. The molecule has 2 atom stereocenters. The van der Waals surface area contributed by atoms with Crippen LogP contribution < -0.4 is 14.9 Å². The monoisotopic (exact) mass is 406 g/mol. The molecule has 2 heterocycles. The minimum Gasteiger partial charge on any atom is -0.354 e. The summed E-state index contributed by atoms with van der Waals surface area (Å²) in [5.74, 6) is 0.592. The second-order valence-corrected chi connectivity index (χ2v) is 9.02. The standard InChI is InChI=1S/C20H27FN4O2S/c1-14(12-21)17-4-6-18(7-5-17)28(26,27)24-19-8-9-20(23-16(19)3)25-11-10-22-15(2)13-25/h4-9,14-15,22,24H,10-13H2,1-3H3/t14-,15+/m0/s1. The molecule has 6 nitrogen and oxygen atoms in total. The van der Waals surface area contributed by atoms with Crippen LogP contribution in [0.5, 0.6) is 0 Å². The van der Waals surface area contributed by atoms with Gasteiger partial charge in [0.2, 0.25) is 0 Å². The Kier molecular flexibility index (Phi) is 6.20. The zero-order valence-electron chi connectivity index (χ0n) is 16.4. The van der Waals surface area contributed by atoms with Gasteiger partial charge in [0.15, 0.2) is 0 Å².